The van der Waals surface area contributed by atoms with Crippen molar-refractivity contribution in [2.75, 3.05) is 5.32 Å². The zero-order valence-corrected chi connectivity index (χ0v) is 16.6. The van der Waals surface area contributed by atoms with Crippen molar-refractivity contribution in [3.63, 3.8) is 0 Å². The molecule has 3 aromatic heterocycles. The zero-order valence-electron chi connectivity index (χ0n) is 15.8. The van der Waals surface area contributed by atoms with Crippen LogP contribution in [-0.2, 0) is 6.42 Å². The molecule has 0 amide bonds. The van der Waals surface area contributed by atoms with Crippen LogP contribution in [-0.4, -0.2) is 14.5 Å². The van der Waals surface area contributed by atoms with Crippen molar-refractivity contribution in [1.82, 2.24) is 14.5 Å². The molecule has 4 rings (SSSR count). The lowest BCUT2D eigenvalue weighted by molar-refractivity contribution is 0.950. The third-order valence-corrected chi connectivity index (χ3v) is 5.30. The van der Waals surface area contributed by atoms with Crippen LogP contribution in [0.15, 0.2) is 71.1 Å². The summed E-state index contributed by atoms with van der Waals surface area (Å²) in [5.74, 6) is 0.601. The van der Waals surface area contributed by atoms with E-state index in [-0.39, 0.29) is 5.56 Å². The summed E-state index contributed by atoms with van der Waals surface area (Å²) in [4.78, 5) is 22.5. The first-order valence-corrected chi connectivity index (χ1v) is 9.93. The Hall–Kier alpha value is -3.25. The Labute approximate surface area is 167 Å². The Morgan fingerprint density at radius 1 is 1.18 bits per heavy atom. The lowest BCUT2D eigenvalue weighted by Crippen LogP contribution is -2.21. The van der Waals surface area contributed by atoms with Crippen molar-refractivity contribution in [1.29, 1.82) is 0 Å². The van der Waals surface area contributed by atoms with E-state index in [0.717, 1.165) is 29.1 Å². The molecule has 0 spiro atoms. The van der Waals surface area contributed by atoms with E-state index >= 15 is 0 Å². The van der Waals surface area contributed by atoms with Gasteiger partial charge >= 0.3 is 0 Å². The highest BCUT2D eigenvalue weighted by Gasteiger charge is 2.15. The van der Waals surface area contributed by atoms with Crippen molar-refractivity contribution in [2.45, 2.75) is 20.3 Å². The summed E-state index contributed by atoms with van der Waals surface area (Å²) in [5.41, 5.74) is 4.99. The molecule has 0 aliphatic carbocycles. The van der Waals surface area contributed by atoms with Gasteiger partial charge < -0.3 is 5.32 Å². The first-order valence-electron chi connectivity index (χ1n) is 9.05. The molecule has 6 heteroatoms. The van der Waals surface area contributed by atoms with Gasteiger partial charge in [-0.05, 0) is 61.2 Å². The predicted molar refractivity (Wildman–Crippen MR) is 116 cm³/mol. The van der Waals surface area contributed by atoms with Crippen LogP contribution < -0.4 is 10.9 Å². The fourth-order valence-corrected chi connectivity index (χ4v) is 3.81. The van der Waals surface area contributed by atoms with Crippen LogP contribution in [0.4, 0.5) is 5.69 Å². The molecule has 0 fully saturated rings. The lowest BCUT2D eigenvalue weighted by atomic mass is 10.1. The number of thiophene rings is 1. The molecule has 140 valence electrons. The highest BCUT2D eigenvalue weighted by atomic mass is 32.1. The molecule has 3 heterocycles. The molecule has 0 radical (unpaired) electrons. The van der Waals surface area contributed by atoms with Gasteiger partial charge in [-0.1, -0.05) is 13.5 Å². The highest BCUT2D eigenvalue weighted by molar-refractivity contribution is 7.17. The van der Waals surface area contributed by atoms with E-state index in [4.69, 9.17) is 4.98 Å². The number of nitrogens with one attached hydrogen (secondary N) is 1. The quantitative estimate of drug-likeness (QED) is 0.522. The van der Waals surface area contributed by atoms with Gasteiger partial charge in [0.1, 0.15) is 10.5 Å². The van der Waals surface area contributed by atoms with E-state index in [1.165, 1.54) is 11.3 Å². The van der Waals surface area contributed by atoms with Gasteiger partial charge in [-0.3, -0.25) is 14.3 Å². The number of nitrogens with zero attached hydrogens (tertiary/aromatic N) is 3. The summed E-state index contributed by atoms with van der Waals surface area (Å²) < 4.78 is 2.29. The maximum absolute atomic E-state index is 13.2. The highest BCUT2D eigenvalue weighted by Crippen LogP contribution is 2.25. The molecule has 0 atom stereocenters. The summed E-state index contributed by atoms with van der Waals surface area (Å²) in [7, 11) is 0. The van der Waals surface area contributed by atoms with Gasteiger partial charge in [0.05, 0.1) is 17.4 Å². The normalized spacial score (nSPS) is 10.9. The lowest BCUT2D eigenvalue weighted by Gasteiger charge is -2.13. The molecular weight excluding hydrogens is 368 g/mol. The number of aryl methyl sites for hydroxylation is 1. The second kappa shape index (κ2) is 7.40. The minimum absolute atomic E-state index is 0.0785. The molecule has 4 aromatic rings. The second-order valence-corrected chi connectivity index (χ2v) is 7.47. The monoisotopic (exact) mass is 388 g/mol. The van der Waals surface area contributed by atoms with E-state index in [2.05, 4.69) is 23.8 Å². The summed E-state index contributed by atoms with van der Waals surface area (Å²) in [6, 6.07) is 13.6. The second-order valence-electron chi connectivity index (χ2n) is 6.55. The van der Waals surface area contributed by atoms with E-state index < -0.39 is 0 Å². The third-order valence-electron chi connectivity index (χ3n) is 4.41. The SMILES string of the molecule is C=C(C)Nc1ccc(-c2nc3ccsc3c(=O)n2-c2ccc(CC)nc2)cc1. The molecule has 0 saturated carbocycles. The van der Waals surface area contributed by atoms with Gasteiger partial charge in [0.25, 0.3) is 5.56 Å². The molecule has 0 aliphatic rings. The first kappa shape index (κ1) is 18.1. The Balaban J connectivity index is 1.91. The zero-order chi connectivity index (χ0) is 19.7. The topological polar surface area (TPSA) is 59.8 Å². The minimum atomic E-state index is -0.0785. The first-order chi connectivity index (χ1) is 13.6. The maximum atomic E-state index is 13.2. The summed E-state index contributed by atoms with van der Waals surface area (Å²) in [6.07, 6.45) is 2.59. The number of rotatable bonds is 5. The third kappa shape index (κ3) is 3.34. The Morgan fingerprint density at radius 2 is 1.96 bits per heavy atom. The summed E-state index contributed by atoms with van der Waals surface area (Å²) >= 11 is 1.41. The van der Waals surface area contributed by atoms with E-state index in [0.29, 0.717) is 21.7 Å². The number of pyridine rings is 1. The molecule has 1 aromatic carbocycles. The van der Waals surface area contributed by atoms with Crippen LogP contribution in [0.25, 0.3) is 27.3 Å². The Morgan fingerprint density at radius 3 is 2.61 bits per heavy atom. The Kier molecular flexibility index (Phi) is 4.79. The predicted octanol–water partition coefficient (Wildman–Crippen LogP) is 5.02. The maximum Gasteiger partial charge on any atom is 0.276 e. The van der Waals surface area contributed by atoms with Crippen LogP contribution in [0.3, 0.4) is 0 Å². The van der Waals surface area contributed by atoms with Gasteiger partial charge in [-0.2, -0.15) is 0 Å². The van der Waals surface area contributed by atoms with Crippen molar-refractivity contribution in [2.24, 2.45) is 0 Å². The van der Waals surface area contributed by atoms with Gasteiger partial charge in [0.2, 0.25) is 0 Å². The van der Waals surface area contributed by atoms with E-state index in [1.807, 2.05) is 54.8 Å². The number of hydrogen-bond acceptors (Lipinski definition) is 5. The van der Waals surface area contributed by atoms with Crippen molar-refractivity contribution >= 4 is 27.2 Å². The average molecular weight is 388 g/mol. The number of anilines is 1. The fraction of sp³-hybridized carbons (Fsp3) is 0.136. The number of aromatic nitrogens is 3. The average Bonchev–Trinajstić information content (AvgIpc) is 3.17. The van der Waals surface area contributed by atoms with Gasteiger partial charge in [-0.15, -0.1) is 11.3 Å². The summed E-state index contributed by atoms with van der Waals surface area (Å²) in [5, 5.41) is 5.08. The van der Waals surface area contributed by atoms with Gasteiger partial charge in [0.15, 0.2) is 0 Å². The van der Waals surface area contributed by atoms with Crippen LogP contribution >= 0.6 is 11.3 Å². The molecule has 0 bridgehead atoms. The molecule has 5 nitrogen and oxygen atoms in total. The standard InChI is InChI=1S/C22H20N4OS/c1-4-16-9-10-18(13-23-16)26-21(25-19-11-12-28-20(19)22(26)27)15-5-7-17(8-6-15)24-14(2)3/h5-13,24H,2,4H2,1,3H3. The number of hydrogen-bond donors (Lipinski definition) is 1. The largest absolute Gasteiger partial charge is 0.360 e. The van der Waals surface area contributed by atoms with Gasteiger partial charge in [-0.25, -0.2) is 4.98 Å². The summed E-state index contributed by atoms with van der Waals surface area (Å²) in [6.45, 7) is 7.83. The van der Waals surface area contributed by atoms with Crippen LogP contribution in [0, 0.1) is 0 Å². The van der Waals surface area contributed by atoms with Crippen LogP contribution in [0.5, 0.6) is 0 Å². The van der Waals surface area contributed by atoms with Crippen molar-refractivity contribution < 1.29 is 0 Å². The molecule has 28 heavy (non-hydrogen) atoms. The molecule has 0 unspecified atom stereocenters. The molecular formula is C22H20N4OS. The number of allylic oxidation sites excluding steroid dienone is 1. The van der Waals surface area contributed by atoms with E-state index in [9.17, 15) is 4.79 Å². The number of fused-ring (bicyclic) bond motifs is 1. The van der Waals surface area contributed by atoms with Crippen molar-refractivity contribution in [3.8, 4) is 17.1 Å². The Bertz CT molecular complexity index is 1200. The number of benzene rings is 1. The minimum Gasteiger partial charge on any atom is -0.360 e. The molecule has 0 aliphatic heterocycles. The molecule has 1 N–H and O–H groups in total. The van der Waals surface area contributed by atoms with E-state index in [1.54, 1.807) is 10.8 Å². The van der Waals surface area contributed by atoms with Gasteiger partial charge in [0, 0.05) is 22.6 Å². The molecule has 0 saturated heterocycles. The fourth-order valence-electron chi connectivity index (χ4n) is 3.05. The van der Waals surface area contributed by atoms with Crippen LogP contribution in [0.1, 0.15) is 19.5 Å². The van der Waals surface area contributed by atoms with Crippen LogP contribution in [0.2, 0.25) is 0 Å². The van der Waals surface area contributed by atoms with Crippen molar-refractivity contribution in [3.05, 3.63) is 82.4 Å². The smallest absolute Gasteiger partial charge is 0.276 e.